The first-order valence-corrected chi connectivity index (χ1v) is 12.2. The number of amides is 1. The number of anilines is 2. The number of hydrogen-bond acceptors (Lipinski definition) is 4. The van der Waals surface area contributed by atoms with Crippen LogP contribution >= 0.6 is 0 Å². The zero-order valence-electron chi connectivity index (χ0n) is 21.2. The Morgan fingerprint density at radius 2 is 1.76 bits per heavy atom. The molecule has 0 aliphatic carbocycles. The second-order valence-corrected chi connectivity index (χ2v) is 11.0. The fourth-order valence-electron chi connectivity index (χ4n) is 4.55. The molecule has 5 heteroatoms. The summed E-state index contributed by atoms with van der Waals surface area (Å²) in [5.74, 6) is 6.30. The molecule has 2 heterocycles. The minimum absolute atomic E-state index is 0.0474. The minimum Gasteiger partial charge on any atom is -0.379 e. The van der Waals surface area contributed by atoms with Gasteiger partial charge in [-0.1, -0.05) is 31.8 Å². The van der Waals surface area contributed by atoms with Gasteiger partial charge in [0.05, 0.1) is 13.2 Å². The number of hydrogen-bond donors (Lipinski definition) is 1. The number of morpholine rings is 1. The van der Waals surface area contributed by atoms with Gasteiger partial charge in [0, 0.05) is 66.1 Å². The van der Waals surface area contributed by atoms with Gasteiger partial charge in [-0.15, -0.1) is 0 Å². The Morgan fingerprint density at radius 1 is 1.06 bits per heavy atom. The lowest BCUT2D eigenvalue weighted by atomic mass is 9.87. The quantitative estimate of drug-likeness (QED) is 0.655. The summed E-state index contributed by atoms with van der Waals surface area (Å²) in [7, 11) is 0. The highest BCUT2D eigenvalue weighted by Crippen LogP contribution is 2.41. The van der Waals surface area contributed by atoms with E-state index in [0.717, 1.165) is 57.2 Å². The van der Waals surface area contributed by atoms with Crippen molar-refractivity contribution >= 4 is 17.3 Å². The van der Waals surface area contributed by atoms with Crippen molar-refractivity contribution in [3.8, 4) is 11.8 Å². The standard InChI is InChI=1S/C29H37N3O2/c1-28(2,3)13-12-22-6-8-23(9-7-22)27(33)30-24-10-11-25-26(20-24)32(21-29(25,4)5)15-14-31-16-18-34-19-17-31/h6-11,20H,14-19,21H2,1-5H3,(H,30,33). The fourth-order valence-corrected chi connectivity index (χ4v) is 4.55. The molecule has 0 aromatic heterocycles. The molecule has 4 rings (SSSR count). The van der Waals surface area contributed by atoms with Gasteiger partial charge in [0.25, 0.3) is 5.91 Å². The van der Waals surface area contributed by atoms with E-state index in [1.807, 2.05) is 30.3 Å². The third-order valence-electron chi connectivity index (χ3n) is 6.43. The van der Waals surface area contributed by atoms with Crippen molar-refractivity contribution in [2.24, 2.45) is 5.41 Å². The molecular formula is C29H37N3O2. The van der Waals surface area contributed by atoms with Crippen LogP contribution in [0.5, 0.6) is 0 Å². The molecule has 5 nitrogen and oxygen atoms in total. The van der Waals surface area contributed by atoms with Gasteiger partial charge >= 0.3 is 0 Å². The number of ether oxygens (including phenoxy) is 1. The Labute approximate surface area is 204 Å². The second kappa shape index (κ2) is 9.82. The van der Waals surface area contributed by atoms with Crippen molar-refractivity contribution < 1.29 is 9.53 Å². The van der Waals surface area contributed by atoms with E-state index < -0.39 is 0 Å². The lowest BCUT2D eigenvalue weighted by Gasteiger charge is -2.30. The number of benzene rings is 2. The van der Waals surface area contributed by atoms with E-state index in [2.05, 4.69) is 73.7 Å². The average molecular weight is 460 g/mol. The van der Waals surface area contributed by atoms with Crippen LogP contribution in [0.15, 0.2) is 42.5 Å². The lowest BCUT2D eigenvalue weighted by molar-refractivity contribution is 0.0391. The Hall–Kier alpha value is -2.81. The zero-order chi connectivity index (χ0) is 24.3. The first kappa shape index (κ1) is 24.3. The van der Waals surface area contributed by atoms with Crippen molar-refractivity contribution in [3.05, 3.63) is 59.2 Å². The Kier molecular flexibility index (Phi) is 7.02. The third kappa shape index (κ3) is 6.00. The summed E-state index contributed by atoms with van der Waals surface area (Å²) >= 11 is 0. The van der Waals surface area contributed by atoms with Gasteiger partial charge in [-0.25, -0.2) is 0 Å². The largest absolute Gasteiger partial charge is 0.379 e. The molecule has 0 bridgehead atoms. The molecule has 180 valence electrons. The van der Waals surface area contributed by atoms with Crippen LogP contribution in [0.25, 0.3) is 0 Å². The predicted octanol–water partition coefficient (Wildman–Crippen LogP) is 4.77. The summed E-state index contributed by atoms with van der Waals surface area (Å²) in [6.45, 7) is 17.5. The first-order valence-electron chi connectivity index (χ1n) is 12.2. The molecule has 0 spiro atoms. The fraction of sp³-hybridized carbons (Fsp3) is 0.483. The molecule has 0 unspecified atom stereocenters. The lowest BCUT2D eigenvalue weighted by Crippen LogP contribution is -2.42. The van der Waals surface area contributed by atoms with Crippen LogP contribution in [0.2, 0.25) is 0 Å². The highest BCUT2D eigenvalue weighted by atomic mass is 16.5. The van der Waals surface area contributed by atoms with Gasteiger partial charge in [0.15, 0.2) is 0 Å². The predicted molar refractivity (Wildman–Crippen MR) is 140 cm³/mol. The molecule has 2 aliphatic rings. The summed E-state index contributed by atoms with van der Waals surface area (Å²) in [5.41, 5.74) is 4.99. The minimum atomic E-state index is -0.104. The van der Waals surface area contributed by atoms with Crippen LogP contribution in [-0.4, -0.2) is 56.7 Å². The summed E-state index contributed by atoms with van der Waals surface area (Å²) < 4.78 is 5.48. The number of carbonyl (C=O) groups excluding carboxylic acids is 1. The Balaban J connectivity index is 1.45. The molecule has 2 aromatic carbocycles. The van der Waals surface area contributed by atoms with Crippen LogP contribution in [0.3, 0.4) is 0 Å². The molecule has 0 radical (unpaired) electrons. The molecule has 1 N–H and O–H groups in total. The highest BCUT2D eigenvalue weighted by molar-refractivity contribution is 6.04. The maximum atomic E-state index is 12.9. The van der Waals surface area contributed by atoms with Crippen molar-refractivity contribution in [3.63, 3.8) is 0 Å². The number of rotatable bonds is 5. The monoisotopic (exact) mass is 459 g/mol. The summed E-state index contributed by atoms with van der Waals surface area (Å²) in [4.78, 5) is 17.8. The van der Waals surface area contributed by atoms with Crippen LogP contribution < -0.4 is 10.2 Å². The van der Waals surface area contributed by atoms with Crippen LogP contribution in [0.1, 0.15) is 56.1 Å². The molecule has 0 saturated carbocycles. The first-order chi connectivity index (χ1) is 16.1. The summed E-state index contributed by atoms with van der Waals surface area (Å²) in [6, 6.07) is 13.8. The van der Waals surface area contributed by atoms with Gasteiger partial charge in [-0.3, -0.25) is 9.69 Å². The van der Waals surface area contributed by atoms with Gasteiger partial charge in [-0.05, 0) is 62.7 Å². The van der Waals surface area contributed by atoms with Gasteiger partial charge < -0.3 is 15.0 Å². The maximum Gasteiger partial charge on any atom is 0.255 e. The van der Waals surface area contributed by atoms with E-state index in [1.165, 1.54) is 11.3 Å². The van der Waals surface area contributed by atoms with Crippen molar-refractivity contribution in [1.82, 2.24) is 4.90 Å². The van der Waals surface area contributed by atoms with E-state index in [4.69, 9.17) is 4.74 Å². The van der Waals surface area contributed by atoms with E-state index in [0.29, 0.717) is 5.56 Å². The summed E-state index contributed by atoms with van der Waals surface area (Å²) in [6.07, 6.45) is 0. The van der Waals surface area contributed by atoms with Gasteiger partial charge in [-0.2, -0.15) is 0 Å². The van der Waals surface area contributed by atoms with E-state index in [9.17, 15) is 4.79 Å². The second-order valence-electron chi connectivity index (χ2n) is 11.0. The number of carbonyl (C=O) groups is 1. The molecule has 0 atom stereocenters. The van der Waals surface area contributed by atoms with Crippen molar-refractivity contribution in [1.29, 1.82) is 0 Å². The normalized spacial score (nSPS) is 17.6. The Morgan fingerprint density at radius 3 is 2.44 bits per heavy atom. The van der Waals surface area contributed by atoms with Gasteiger partial charge in [0.2, 0.25) is 0 Å². The molecule has 2 aliphatic heterocycles. The van der Waals surface area contributed by atoms with Crippen molar-refractivity contribution in [2.45, 2.75) is 40.0 Å². The third-order valence-corrected chi connectivity index (χ3v) is 6.43. The van der Waals surface area contributed by atoms with Gasteiger partial charge in [0.1, 0.15) is 0 Å². The Bertz CT molecular complexity index is 1080. The SMILES string of the molecule is CC(C)(C)C#Cc1ccc(C(=O)Nc2ccc3c(c2)N(CCN2CCOCC2)CC3(C)C)cc1. The number of nitrogens with zero attached hydrogens (tertiary/aromatic N) is 2. The van der Waals surface area contributed by atoms with E-state index in [-0.39, 0.29) is 16.7 Å². The summed E-state index contributed by atoms with van der Waals surface area (Å²) in [5, 5.41) is 3.09. The smallest absolute Gasteiger partial charge is 0.255 e. The van der Waals surface area contributed by atoms with Crippen LogP contribution in [0, 0.1) is 17.3 Å². The molecular weight excluding hydrogens is 422 g/mol. The molecule has 2 aromatic rings. The van der Waals surface area contributed by atoms with E-state index >= 15 is 0 Å². The van der Waals surface area contributed by atoms with E-state index in [1.54, 1.807) is 0 Å². The molecule has 1 saturated heterocycles. The molecule has 34 heavy (non-hydrogen) atoms. The highest BCUT2D eigenvalue weighted by Gasteiger charge is 2.35. The number of nitrogens with one attached hydrogen (secondary N) is 1. The topological polar surface area (TPSA) is 44.8 Å². The number of fused-ring (bicyclic) bond motifs is 1. The van der Waals surface area contributed by atoms with Crippen molar-refractivity contribution in [2.75, 3.05) is 56.2 Å². The van der Waals surface area contributed by atoms with Crippen LogP contribution in [-0.2, 0) is 10.2 Å². The molecule has 1 fully saturated rings. The zero-order valence-corrected chi connectivity index (χ0v) is 21.2. The molecule has 1 amide bonds. The average Bonchev–Trinajstić information content (AvgIpc) is 3.06. The maximum absolute atomic E-state index is 12.9. The van der Waals surface area contributed by atoms with Crippen LogP contribution in [0.4, 0.5) is 11.4 Å².